The summed E-state index contributed by atoms with van der Waals surface area (Å²) in [5, 5.41) is 3.65. The summed E-state index contributed by atoms with van der Waals surface area (Å²) in [6.45, 7) is 3.47. The molecule has 0 amide bonds. The van der Waals surface area contributed by atoms with Crippen molar-refractivity contribution < 1.29 is 0 Å². The molecule has 1 aliphatic carbocycles. The molecule has 1 saturated heterocycles. The summed E-state index contributed by atoms with van der Waals surface area (Å²) in [5.41, 5.74) is 1.42. The molecule has 18 heavy (non-hydrogen) atoms. The normalized spacial score (nSPS) is 26.2. The second-order valence-corrected chi connectivity index (χ2v) is 5.97. The van der Waals surface area contributed by atoms with Gasteiger partial charge in [0.15, 0.2) is 0 Å². The van der Waals surface area contributed by atoms with Crippen LogP contribution < -0.4 is 5.32 Å². The van der Waals surface area contributed by atoms with Gasteiger partial charge in [0, 0.05) is 18.3 Å². The van der Waals surface area contributed by atoms with E-state index >= 15 is 0 Å². The van der Waals surface area contributed by atoms with Crippen molar-refractivity contribution >= 4 is 0 Å². The highest BCUT2D eigenvalue weighted by Gasteiger charge is 2.27. The molecule has 1 aromatic rings. The Labute approximate surface area is 110 Å². The van der Waals surface area contributed by atoms with E-state index in [2.05, 4.69) is 34.3 Å². The van der Waals surface area contributed by atoms with E-state index in [0.29, 0.717) is 12.1 Å². The molecule has 1 aliphatic heterocycles. The average Bonchev–Trinajstić information content (AvgIpc) is 3.11. The zero-order valence-electron chi connectivity index (χ0n) is 11.4. The van der Waals surface area contributed by atoms with E-state index in [4.69, 9.17) is 0 Å². The molecule has 1 aromatic heterocycles. The third-order valence-corrected chi connectivity index (χ3v) is 4.53. The van der Waals surface area contributed by atoms with Gasteiger partial charge in [0.2, 0.25) is 0 Å². The summed E-state index contributed by atoms with van der Waals surface area (Å²) in [4.78, 5) is 4.42. The Kier molecular flexibility index (Phi) is 3.69. The number of piperidine rings is 1. The van der Waals surface area contributed by atoms with Crippen LogP contribution in [0.1, 0.15) is 69.6 Å². The van der Waals surface area contributed by atoms with Gasteiger partial charge in [-0.05, 0) is 38.1 Å². The molecule has 0 spiro atoms. The van der Waals surface area contributed by atoms with Crippen LogP contribution in [0.2, 0.25) is 0 Å². The third-order valence-electron chi connectivity index (χ3n) is 4.53. The topological polar surface area (TPSA) is 29.9 Å². The van der Waals surface area contributed by atoms with E-state index in [1.165, 1.54) is 50.6 Å². The summed E-state index contributed by atoms with van der Waals surface area (Å²) in [5.74, 6) is 0.990. The molecule has 2 unspecified atom stereocenters. The third kappa shape index (κ3) is 2.61. The van der Waals surface area contributed by atoms with E-state index in [9.17, 15) is 0 Å². The lowest BCUT2D eigenvalue weighted by atomic mass is 10.0. The monoisotopic (exact) mass is 247 g/mol. The van der Waals surface area contributed by atoms with Gasteiger partial charge in [-0.15, -0.1) is 0 Å². The molecule has 0 aromatic carbocycles. The van der Waals surface area contributed by atoms with Gasteiger partial charge in [-0.25, -0.2) is 4.98 Å². The molecule has 2 aliphatic rings. The number of hydrogen-bond acceptors (Lipinski definition) is 2. The molecular formula is C15H25N3. The predicted octanol–water partition coefficient (Wildman–Crippen LogP) is 3.45. The molecule has 2 fully saturated rings. The summed E-state index contributed by atoms with van der Waals surface area (Å²) < 4.78 is 2.46. The fourth-order valence-corrected chi connectivity index (χ4v) is 3.21. The van der Waals surface area contributed by atoms with Crippen molar-refractivity contribution in [1.29, 1.82) is 0 Å². The van der Waals surface area contributed by atoms with E-state index in [1.807, 2.05) is 0 Å². The van der Waals surface area contributed by atoms with Gasteiger partial charge in [-0.3, -0.25) is 0 Å². The minimum atomic E-state index is 0.537. The van der Waals surface area contributed by atoms with Crippen LogP contribution in [0.3, 0.4) is 0 Å². The lowest BCUT2D eigenvalue weighted by Crippen LogP contribution is -2.29. The maximum atomic E-state index is 4.42. The van der Waals surface area contributed by atoms with Crippen molar-refractivity contribution in [3.63, 3.8) is 0 Å². The van der Waals surface area contributed by atoms with Crippen molar-refractivity contribution in [1.82, 2.24) is 14.9 Å². The molecule has 0 radical (unpaired) electrons. The maximum Gasteiger partial charge on any atom is 0.0951 e. The first-order chi connectivity index (χ1) is 8.88. The van der Waals surface area contributed by atoms with Crippen LogP contribution in [-0.2, 0) is 0 Å². The number of rotatable bonds is 5. The Hall–Kier alpha value is -0.830. The lowest BCUT2D eigenvalue weighted by molar-refractivity contribution is 0.359. The standard InChI is InChI=1S/C15H25N3/c1-2-13(9-12-6-7-12)18-11-16-10-15(18)14-5-3-4-8-17-14/h10-14,17H,2-9H2,1H3. The molecular weight excluding hydrogens is 222 g/mol. The zero-order valence-corrected chi connectivity index (χ0v) is 11.4. The Morgan fingerprint density at radius 3 is 2.94 bits per heavy atom. The van der Waals surface area contributed by atoms with E-state index in [1.54, 1.807) is 0 Å². The molecule has 2 atom stereocenters. The van der Waals surface area contributed by atoms with E-state index in [-0.39, 0.29) is 0 Å². The van der Waals surface area contributed by atoms with Crippen molar-refractivity contribution in [2.45, 2.75) is 64.0 Å². The first-order valence-electron chi connectivity index (χ1n) is 7.63. The molecule has 3 nitrogen and oxygen atoms in total. The molecule has 1 N–H and O–H groups in total. The van der Waals surface area contributed by atoms with Crippen LogP contribution in [0.4, 0.5) is 0 Å². The largest absolute Gasteiger partial charge is 0.330 e. The number of imidazole rings is 1. The highest BCUT2D eigenvalue weighted by molar-refractivity contribution is 5.08. The average molecular weight is 247 g/mol. The van der Waals surface area contributed by atoms with Crippen LogP contribution in [0.5, 0.6) is 0 Å². The van der Waals surface area contributed by atoms with Gasteiger partial charge < -0.3 is 9.88 Å². The van der Waals surface area contributed by atoms with E-state index in [0.717, 1.165) is 12.5 Å². The van der Waals surface area contributed by atoms with Gasteiger partial charge in [-0.1, -0.05) is 26.2 Å². The summed E-state index contributed by atoms with van der Waals surface area (Å²) >= 11 is 0. The van der Waals surface area contributed by atoms with Gasteiger partial charge >= 0.3 is 0 Å². The van der Waals surface area contributed by atoms with Gasteiger partial charge in [0.25, 0.3) is 0 Å². The quantitative estimate of drug-likeness (QED) is 0.863. The molecule has 1 saturated carbocycles. The summed E-state index contributed by atoms with van der Waals surface area (Å²) in [6, 6.07) is 1.20. The smallest absolute Gasteiger partial charge is 0.0951 e. The Bertz CT molecular complexity index is 375. The van der Waals surface area contributed by atoms with E-state index < -0.39 is 0 Å². The van der Waals surface area contributed by atoms with Crippen molar-refractivity contribution in [2.75, 3.05) is 6.54 Å². The van der Waals surface area contributed by atoms with Crippen LogP contribution in [-0.4, -0.2) is 16.1 Å². The summed E-state index contributed by atoms with van der Waals surface area (Å²) in [7, 11) is 0. The first-order valence-corrected chi connectivity index (χ1v) is 7.63. The molecule has 100 valence electrons. The SMILES string of the molecule is CCC(CC1CC1)n1cncc1C1CCCCN1. The van der Waals surface area contributed by atoms with Crippen molar-refractivity contribution in [3.05, 3.63) is 18.2 Å². The second kappa shape index (κ2) is 5.43. The van der Waals surface area contributed by atoms with Gasteiger partial charge in [0.1, 0.15) is 0 Å². The molecule has 2 heterocycles. The minimum absolute atomic E-state index is 0.537. The number of hydrogen-bond donors (Lipinski definition) is 1. The molecule has 0 bridgehead atoms. The number of aromatic nitrogens is 2. The van der Waals surface area contributed by atoms with Crippen molar-refractivity contribution in [3.8, 4) is 0 Å². The predicted molar refractivity (Wildman–Crippen MR) is 73.5 cm³/mol. The zero-order chi connectivity index (χ0) is 12.4. The van der Waals surface area contributed by atoms with Crippen LogP contribution in [0, 0.1) is 5.92 Å². The maximum absolute atomic E-state index is 4.42. The lowest BCUT2D eigenvalue weighted by Gasteiger charge is -2.27. The molecule has 3 rings (SSSR count). The van der Waals surface area contributed by atoms with Crippen molar-refractivity contribution in [2.24, 2.45) is 5.92 Å². The van der Waals surface area contributed by atoms with Gasteiger partial charge in [0.05, 0.1) is 12.0 Å². The van der Waals surface area contributed by atoms with Crippen LogP contribution >= 0.6 is 0 Å². The fourth-order valence-electron chi connectivity index (χ4n) is 3.21. The fraction of sp³-hybridized carbons (Fsp3) is 0.800. The second-order valence-electron chi connectivity index (χ2n) is 5.97. The minimum Gasteiger partial charge on any atom is -0.330 e. The van der Waals surface area contributed by atoms with Crippen LogP contribution in [0.25, 0.3) is 0 Å². The first kappa shape index (κ1) is 12.2. The Morgan fingerprint density at radius 1 is 1.39 bits per heavy atom. The summed E-state index contributed by atoms with van der Waals surface area (Å²) in [6.07, 6.45) is 13.6. The Morgan fingerprint density at radius 2 is 2.28 bits per heavy atom. The highest BCUT2D eigenvalue weighted by atomic mass is 15.1. The Balaban J connectivity index is 1.75. The number of nitrogens with one attached hydrogen (secondary N) is 1. The van der Waals surface area contributed by atoms with Crippen LogP contribution in [0.15, 0.2) is 12.5 Å². The van der Waals surface area contributed by atoms with Gasteiger partial charge in [-0.2, -0.15) is 0 Å². The molecule has 3 heteroatoms. The highest BCUT2D eigenvalue weighted by Crippen LogP contribution is 2.39. The number of nitrogens with zero attached hydrogens (tertiary/aromatic N) is 2.